The first-order valence-corrected chi connectivity index (χ1v) is 5.24. The van der Waals surface area contributed by atoms with E-state index in [0.717, 1.165) is 11.1 Å². The molecular weight excluding hydrogens is 200 g/mol. The van der Waals surface area contributed by atoms with Crippen LogP contribution in [0.25, 0.3) is 5.57 Å². The normalized spacial score (nSPS) is 15.2. The van der Waals surface area contributed by atoms with E-state index in [-0.39, 0.29) is 0 Å². The number of rotatable bonds is 2. The van der Waals surface area contributed by atoms with E-state index in [0.29, 0.717) is 12.0 Å². The van der Waals surface area contributed by atoms with E-state index in [1.54, 1.807) is 12.1 Å². The molecule has 0 fully saturated rings. The maximum absolute atomic E-state index is 11.6. The van der Waals surface area contributed by atoms with Crippen molar-refractivity contribution in [3.8, 4) is 0 Å². The SMILES string of the molecule is CC=CCC1=CC(=O)C(=O)c2ccccc21. The van der Waals surface area contributed by atoms with Gasteiger partial charge in [0.25, 0.3) is 0 Å². The van der Waals surface area contributed by atoms with Gasteiger partial charge in [-0.1, -0.05) is 36.4 Å². The lowest BCUT2D eigenvalue weighted by atomic mass is 9.88. The Bertz CT molecular complexity index is 507. The van der Waals surface area contributed by atoms with Gasteiger partial charge in [0.05, 0.1) is 0 Å². The van der Waals surface area contributed by atoms with Gasteiger partial charge < -0.3 is 0 Å². The van der Waals surface area contributed by atoms with Gasteiger partial charge in [-0.3, -0.25) is 9.59 Å². The number of hydrogen-bond donors (Lipinski definition) is 0. The summed E-state index contributed by atoms with van der Waals surface area (Å²) in [4.78, 5) is 23.1. The van der Waals surface area contributed by atoms with Crippen LogP contribution >= 0.6 is 0 Å². The summed E-state index contributed by atoms with van der Waals surface area (Å²) in [6.45, 7) is 1.93. The van der Waals surface area contributed by atoms with Crippen LogP contribution in [0, 0.1) is 0 Å². The second kappa shape index (κ2) is 4.27. The smallest absolute Gasteiger partial charge is 0.233 e. The van der Waals surface area contributed by atoms with Gasteiger partial charge in [-0.15, -0.1) is 0 Å². The fourth-order valence-corrected chi connectivity index (χ4v) is 1.81. The zero-order valence-corrected chi connectivity index (χ0v) is 9.07. The van der Waals surface area contributed by atoms with Gasteiger partial charge in [-0.25, -0.2) is 0 Å². The average Bonchev–Trinajstić information content (AvgIpc) is 2.32. The molecule has 0 amide bonds. The summed E-state index contributed by atoms with van der Waals surface area (Å²) in [5, 5.41) is 0. The minimum Gasteiger partial charge on any atom is -0.286 e. The van der Waals surface area contributed by atoms with Crippen molar-refractivity contribution in [1.82, 2.24) is 0 Å². The van der Waals surface area contributed by atoms with Crippen LogP contribution in [0.2, 0.25) is 0 Å². The monoisotopic (exact) mass is 212 g/mol. The van der Waals surface area contributed by atoms with Crippen molar-refractivity contribution in [3.63, 3.8) is 0 Å². The number of Topliss-reactive ketones (excluding diaryl/α,β-unsaturated/α-hetero) is 1. The second-order valence-electron chi connectivity index (χ2n) is 3.68. The van der Waals surface area contributed by atoms with Gasteiger partial charge in [0.15, 0.2) is 0 Å². The molecule has 0 spiro atoms. The molecule has 0 aliphatic heterocycles. The van der Waals surface area contributed by atoms with E-state index in [4.69, 9.17) is 0 Å². The summed E-state index contributed by atoms with van der Waals surface area (Å²) in [7, 11) is 0. The third kappa shape index (κ3) is 1.74. The second-order valence-corrected chi connectivity index (χ2v) is 3.68. The van der Waals surface area contributed by atoms with Crippen LogP contribution in [0.15, 0.2) is 42.5 Å². The molecule has 16 heavy (non-hydrogen) atoms. The van der Waals surface area contributed by atoms with E-state index < -0.39 is 11.6 Å². The number of carbonyl (C=O) groups is 2. The van der Waals surface area contributed by atoms with Crippen molar-refractivity contribution >= 4 is 17.1 Å². The molecule has 0 atom stereocenters. The Kier molecular flexibility index (Phi) is 2.82. The van der Waals surface area contributed by atoms with Crippen LogP contribution in [0.4, 0.5) is 0 Å². The van der Waals surface area contributed by atoms with Crippen LogP contribution in [0.5, 0.6) is 0 Å². The number of carbonyl (C=O) groups excluding carboxylic acids is 2. The van der Waals surface area contributed by atoms with Gasteiger partial charge >= 0.3 is 0 Å². The molecule has 0 unspecified atom stereocenters. The molecule has 0 heterocycles. The van der Waals surface area contributed by atoms with Crippen LogP contribution in [-0.4, -0.2) is 11.6 Å². The maximum atomic E-state index is 11.6. The number of benzene rings is 1. The first-order chi connectivity index (χ1) is 7.74. The third-order valence-electron chi connectivity index (χ3n) is 2.62. The first-order valence-electron chi connectivity index (χ1n) is 5.24. The van der Waals surface area contributed by atoms with Gasteiger partial charge in [-0.2, -0.15) is 0 Å². The number of fused-ring (bicyclic) bond motifs is 1. The van der Waals surface area contributed by atoms with Crippen LogP contribution in [-0.2, 0) is 4.79 Å². The van der Waals surface area contributed by atoms with E-state index in [2.05, 4.69) is 0 Å². The molecule has 2 rings (SSSR count). The largest absolute Gasteiger partial charge is 0.286 e. The summed E-state index contributed by atoms with van der Waals surface area (Å²) in [5.41, 5.74) is 2.32. The molecule has 0 N–H and O–H groups in total. The zero-order valence-electron chi connectivity index (χ0n) is 9.07. The highest BCUT2D eigenvalue weighted by Crippen LogP contribution is 2.27. The highest BCUT2D eigenvalue weighted by atomic mass is 16.2. The van der Waals surface area contributed by atoms with Crippen molar-refractivity contribution in [1.29, 1.82) is 0 Å². The number of allylic oxidation sites excluding steroid dienone is 4. The lowest BCUT2D eigenvalue weighted by Crippen LogP contribution is -2.18. The number of hydrogen-bond acceptors (Lipinski definition) is 2. The van der Waals surface area contributed by atoms with Crippen LogP contribution in [0.3, 0.4) is 0 Å². The molecule has 1 aliphatic carbocycles. The molecular formula is C14H12O2. The molecule has 2 heteroatoms. The van der Waals surface area contributed by atoms with Gasteiger partial charge in [0, 0.05) is 5.56 Å². The molecule has 1 aromatic rings. The topological polar surface area (TPSA) is 34.1 Å². The Morgan fingerprint density at radius 3 is 2.50 bits per heavy atom. The van der Waals surface area contributed by atoms with E-state index >= 15 is 0 Å². The Morgan fingerprint density at radius 2 is 1.81 bits per heavy atom. The maximum Gasteiger partial charge on any atom is 0.233 e. The fourth-order valence-electron chi connectivity index (χ4n) is 1.81. The minimum atomic E-state index is -0.418. The van der Waals surface area contributed by atoms with Crippen molar-refractivity contribution in [3.05, 3.63) is 53.6 Å². The quantitative estimate of drug-likeness (QED) is 0.558. The Hall–Kier alpha value is -1.96. The van der Waals surface area contributed by atoms with Crippen LogP contribution < -0.4 is 0 Å². The van der Waals surface area contributed by atoms with Gasteiger partial charge in [0.1, 0.15) is 0 Å². The average molecular weight is 212 g/mol. The Labute approximate surface area is 94.3 Å². The molecule has 0 saturated heterocycles. The minimum absolute atomic E-state index is 0.403. The fraction of sp³-hybridized carbons (Fsp3) is 0.143. The summed E-state index contributed by atoms with van der Waals surface area (Å²) in [6, 6.07) is 7.25. The predicted molar refractivity (Wildman–Crippen MR) is 63.2 cm³/mol. The van der Waals surface area contributed by atoms with Crippen molar-refractivity contribution in [2.75, 3.05) is 0 Å². The highest BCUT2D eigenvalue weighted by molar-refractivity contribution is 6.50. The summed E-state index contributed by atoms with van der Waals surface area (Å²) in [5.74, 6) is -0.821. The van der Waals surface area contributed by atoms with Crippen LogP contribution in [0.1, 0.15) is 29.3 Å². The molecule has 2 nitrogen and oxygen atoms in total. The van der Waals surface area contributed by atoms with E-state index in [1.807, 2.05) is 31.2 Å². The van der Waals surface area contributed by atoms with E-state index in [1.165, 1.54) is 6.08 Å². The molecule has 0 bridgehead atoms. The summed E-state index contributed by atoms with van der Waals surface area (Å²) >= 11 is 0. The van der Waals surface area contributed by atoms with Crippen molar-refractivity contribution < 1.29 is 9.59 Å². The molecule has 0 radical (unpaired) electrons. The molecule has 1 aliphatic rings. The van der Waals surface area contributed by atoms with Crippen molar-refractivity contribution in [2.24, 2.45) is 0 Å². The first kappa shape index (κ1) is 10.6. The third-order valence-corrected chi connectivity index (χ3v) is 2.62. The van der Waals surface area contributed by atoms with Gasteiger partial charge in [-0.05, 0) is 30.6 Å². The molecule has 0 aromatic heterocycles. The molecule has 1 aromatic carbocycles. The lowest BCUT2D eigenvalue weighted by molar-refractivity contribution is -0.111. The standard InChI is InChI=1S/C14H12O2/c1-2-3-6-10-9-13(15)14(16)12-8-5-4-7-11(10)12/h2-5,7-9H,6H2,1H3. The van der Waals surface area contributed by atoms with Gasteiger partial charge in [0.2, 0.25) is 11.6 Å². The molecule has 0 saturated carbocycles. The zero-order chi connectivity index (χ0) is 11.5. The predicted octanol–water partition coefficient (Wildman–Crippen LogP) is 2.80. The lowest BCUT2D eigenvalue weighted by Gasteiger charge is -2.14. The Balaban J connectivity index is 2.50. The summed E-state index contributed by atoms with van der Waals surface area (Å²) in [6.07, 6.45) is 6.05. The highest BCUT2D eigenvalue weighted by Gasteiger charge is 2.24. The molecule has 80 valence electrons. The van der Waals surface area contributed by atoms with Crippen molar-refractivity contribution in [2.45, 2.75) is 13.3 Å². The Morgan fingerprint density at radius 1 is 1.12 bits per heavy atom. The van der Waals surface area contributed by atoms with E-state index in [9.17, 15) is 9.59 Å². The summed E-state index contributed by atoms with van der Waals surface area (Å²) < 4.78 is 0. The number of ketones is 2.